The van der Waals surface area contributed by atoms with Crippen molar-refractivity contribution in [1.29, 1.82) is 0 Å². The molecule has 38 heavy (non-hydrogen) atoms. The second-order valence-electron chi connectivity index (χ2n) is 10.4. The second-order valence-corrected chi connectivity index (χ2v) is 10.4. The van der Waals surface area contributed by atoms with Gasteiger partial charge in [-0.3, -0.25) is 0 Å². The highest BCUT2D eigenvalue weighted by molar-refractivity contribution is 5.36. The number of ether oxygens (including phenoxy) is 2. The zero-order valence-corrected chi connectivity index (χ0v) is 20.9. The molecule has 0 spiro atoms. The standard InChI is InChI=1S/C28H30F8O2/c1-2-15-3-5-16(6-4-15)17-7-9-18(10-8-17)19-11-21(29)25(22(30)12-19)28(35,36)38-20-13-23(31)26(24(32)14-20)37-27(33)34/h11-18,27H,2-10H2,1H3. The molecule has 0 aromatic heterocycles. The van der Waals surface area contributed by atoms with Gasteiger partial charge < -0.3 is 9.47 Å². The van der Waals surface area contributed by atoms with Crippen molar-refractivity contribution in [2.24, 2.45) is 17.8 Å². The maximum atomic E-state index is 14.8. The quantitative estimate of drug-likeness (QED) is 0.305. The zero-order valence-electron chi connectivity index (χ0n) is 20.9. The number of hydrogen-bond acceptors (Lipinski definition) is 2. The van der Waals surface area contributed by atoms with Crippen LogP contribution in [0.15, 0.2) is 24.3 Å². The predicted molar refractivity (Wildman–Crippen MR) is 124 cm³/mol. The van der Waals surface area contributed by atoms with Crippen molar-refractivity contribution >= 4 is 0 Å². The van der Waals surface area contributed by atoms with Crippen LogP contribution in [-0.2, 0) is 6.11 Å². The summed E-state index contributed by atoms with van der Waals surface area (Å²) >= 11 is 0. The van der Waals surface area contributed by atoms with E-state index in [0.29, 0.717) is 24.7 Å². The molecule has 0 unspecified atom stereocenters. The van der Waals surface area contributed by atoms with Gasteiger partial charge in [-0.15, -0.1) is 0 Å². The van der Waals surface area contributed by atoms with Gasteiger partial charge in [-0.25, -0.2) is 17.6 Å². The van der Waals surface area contributed by atoms with E-state index in [-0.39, 0.29) is 23.6 Å². The smallest absolute Gasteiger partial charge is 0.429 e. The Morgan fingerprint density at radius 1 is 0.763 bits per heavy atom. The molecule has 0 atom stereocenters. The highest BCUT2D eigenvalue weighted by Gasteiger charge is 2.42. The van der Waals surface area contributed by atoms with Crippen LogP contribution in [0.2, 0.25) is 0 Å². The second kappa shape index (κ2) is 11.7. The van der Waals surface area contributed by atoms with Crippen LogP contribution < -0.4 is 9.47 Å². The first kappa shape index (κ1) is 28.5. The van der Waals surface area contributed by atoms with Crippen LogP contribution in [0, 0.1) is 41.0 Å². The Morgan fingerprint density at radius 3 is 1.74 bits per heavy atom. The molecule has 2 nitrogen and oxygen atoms in total. The maximum absolute atomic E-state index is 14.8. The van der Waals surface area contributed by atoms with E-state index in [9.17, 15) is 35.1 Å². The summed E-state index contributed by atoms with van der Waals surface area (Å²) in [5, 5.41) is 0. The molecule has 2 aromatic rings. The fourth-order valence-electron chi connectivity index (χ4n) is 6.09. The first-order chi connectivity index (χ1) is 18.0. The van der Waals surface area contributed by atoms with Gasteiger partial charge in [0.1, 0.15) is 22.9 Å². The molecule has 210 valence electrons. The molecule has 2 aliphatic rings. The minimum Gasteiger partial charge on any atom is -0.429 e. The Hall–Kier alpha value is -2.52. The third-order valence-corrected chi connectivity index (χ3v) is 8.16. The van der Waals surface area contributed by atoms with Gasteiger partial charge in [0.2, 0.25) is 0 Å². The predicted octanol–water partition coefficient (Wildman–Crippen LogP) is 9.46. The highest BCUT2D eigenvalue weighted by atomic mass is 19.3. The third-order valence-electron chi connectivity index (χ3n) is 8.16. The van der Waals surface area contributed by atoms with Crippen LogP contribution >= 0.6 is 0 Å². The minimum absolute atomic E-state index is 0.159. The maximum Gasteiger partial charge on any atom is 0.432 e. The van der Waals surface area contributed by atoms with Crippen molar-refractivity contribution < 1.29 is 44.6 Å². The van der Waals surface area contributed by atoms with E-state index in [1.165, 1.54) is 32.1 Å². The molecule has 0 bridgehead atoms. The normalized spacial score (nSPS) is 24.5. The van der Waals surface area contributed by atoms with Gasteiger partial charge in [0, 0.05) is 12.1 Å². The number of halogens is 8. The molecule has 0 amide bonds. The van der Waals surface area contributed by atoms with Gasteiger partial charge >= 0.3 is 12.7 Å². The van der Waals surface area contributed by atoms with Crippen LogP contribution in [0.1, 0.15) is 81.8 Å². The zero-order chi connectivity index (χ0) is 27.6. The van der Waals surface area contributed by atoms with Crippen LogP contribution in [0.4, 0.5) is 35.1 Å². The molecule has 2 aromatic carbocycles. The minimum atomic E-state index is -4.65. The van der Waals surface area contributed by atoms with E-state index in [2.05, 4.69) is 16.4 Å². The van der Waals surface area contributed by atoms with E-state index < -0.39 is 53.1 Å². The summed E-state index contributed by atoms with van der Waals surface area (Å²) in [4.78, 5) is 0. The number of rotatable bonds is 8. The molecule has 0 saturated heterocycles. The van der Waals surface area contributed by atoms with Gasteiger partial charge in [-0.05, 0) is 79.9 Å². The first-order valence-corrected chi connectivity index (χ1v) is 13.0. The fraction of sp³-hybridized carbons (Fsp3) is 0.571. The molecular formula is C28H30F8O2. The van der Waals surface area contributed by atoms with E-state index in [1.54, 1.807) is 0 Å². The lowest BCUT2D eigenvalue weighted by Gasteiger charge is -2.38. The third kappa shape index (κ3) is 6.37. The van der Waals surface area contributed by atoms with Crippen LogP contribution in [0.5, 0.6) is 11.5 Å². The lowest BCUT2D eigenvalue weighted by atomic mass is 9.68. The largest absolute Gasteiger partial charge is 0.432 e. The van der Waals surface area contributed by atoms with Crippen LogP contribution in [0.3, 0.4) is 0 Å². The molecule has 4 rings (SSSR count). The Morgan fingerprint density at radius 2 is 1.26 bits per heavy atom. The number of alkyl halides is 4. The average Bonchev–Trinajstić information content (AvgIpc) is 2.85. The van der Waals surface area contributed by atoms with Crippen molar-refractivity contribution in [1.82, 2.24) is 0 Å². The Balaban J connectivity index is 1.44. The molecule has 10 heteroatoms. The molecule has 0 aliphatic heterocycles. The van der Waals surface area contributed by atoms with Crippen molar-refractivity contribution in [2.45, 2.75) is 83.3 Å². The van der Waals surface area contributed by atoms with Crippen LogP contribution in [0.25, 0.3) is 0 Å². The Labute approximate surface area is 216 Å². The summed E-state index contributed by atoms with van der Waals surface area (Å²) in [6, 6.07) is 2.03. The van der Waals surface area contributed by atoms with Gasteiger partial charge in [-0.2, -0.15) is 17.6 Å². The fourth-order valence-corrected chi connectivity index (χ4v) is 6.09. The summed E-state index contributed by atoms with van der Waals surface area (Å²) in [7, 11) is 0. The lowest BCUT2D eigenvalue weighted by Crippen LogP contribution is -2.27. The summed E-state index contributed by atoms with van der Waals surface area (Å²) in [5.74, 6) is -7.41. The van der Waals surface area contributed by atoms with Gasteiger partial charge in [0.05, 0.1) is 0 Å². The first-order valence-electron chi connectivity index (χ1n) is 13.0. The summed E-state index contributed by atoms with van der Waals surface area (Å²) in [6.07, 6.45) is 4.68. The Kier molecular flexibility index (Phi) is 8.77. The van der Waals surface area contributed by atoms with E-state index >= 15 is 0 Å². The van der Waals surface area contributed by atoms with Gasteiger partial charge in [-0.1, -0.05) is 26.2 Å². The Bertz CT molecular complexity index is 1060. The number of hydrogen-bond donors (Lipinski definition) is 0. The highest BCUT2D eigenvalue weighted by Crippen LogP contribution is 2.45. The average molecular weight is 551 g/mol. The van der Waals surface area contributed by atoms with Crippen LogP contribution in [-0.4, -0.2) is 6.61 Å². The summed E-state index contributed by atoms with van der Waals surface area (Å²) < 4.78 is 119. The molecular weight excluding hydrogens is 520 g/mol. The topological polar surface area (TPSA) is 18.5 Å². The molecule has 2 fully saturated rings. The monoisotopic (exact) mass is 550 g/mol. The number of benzene rings is 2. The van der Waals surface area contributed by atoms with E-state index in [4.69, 9.17) is 0 Å². The van der Waals surface area contributed by atoms with Crippen molar-refractivity contribution in [3.8, 4) is 11.5 Å². The van der Waals surface area contributed by atoms with E-state index in [0.717, 1.165) is 30.9 Å². The van der Waals surface area contributed by atoms with Crippen molar-refractivity contribution in [3.05, 3.63) is 58.7 Å². The molecule has 2 saturated carbocycles. The van der Waals surface area contributed by atoms with Crippen molar-refractivity contribution in [2.75, 3.05) is 0 Å². The summed E-state index contributed by atoms with van der Waals surface area (Å²) in [5.41, 5.74) is -1.44. The molecule has 0 radical (unpaired) electrons. The molecule has 2 aliphatic carbocycles. The van der Waals surface area contributed by atoms with E-state index in [1.807, 2.05) is 0 Å². The molecule has 0 N–H and O–H groups in total. The molecule has 0 heterocycles. The lowest BCUT2D eigenvalue weighted by molar-refractivity contribution is -0.189. The van der Waals surface area contributed by atoms with Gasteiger partial charge in [0.15, 0.2) is 17.4 Å². The summed E-state index contributed by atoms with van der Waals surface area (Å²) in [6.45, 7) is -1.35. The SMILES string of the molecule is CCC1CCC(C2CCC(c3cc(F)c(C(F)(F)Oc4cc(F)c(OC(F)F)c(F)c4)c(F)c3)CC2)CC1. The van der Waals surface area contributed by atoms with Gasteiger partial charge in [0.25, 0.3) is 0 Å². The van der Waals surface area contributed by atoms with Crippen molar-refractivity contribution in [3.63, 3.8) is 0 Å².